The Bertz CT molecular complexity index is 1130. The molecule has 0 unspecified atom stereocenters. The van der Waals surface area contributed by atoms with Gasteiger partial charge in [-0.25, -0.2) is 4.79 Å². The van der Waals surface area contributed by atoms with E-state index in [0.717, 1.165) is 29.3 Å². The standard InChI is InChI=1S/C30H42N4O5S2/c1-3-4-5-6-7-13-26(36)40-17-9-8-11-22-18-25(35)31-19-21-14-15-23(32-21)27-33-30(2,20-41-27)29(38)34-16-10-12-24(34)28(37)39-22/h8,11,15,22,24H,3-7,9-10,12-14,16-20H2,1-2H3,(H,31,35)/b11-8+/t22-,24+,30+/m1/s1. The second-order valence-corrected chi connectivity index (χ2v) is 13.3. The van der Waals surface area contributed by atoms with Crippen LogP contribution in [0.1, 0.15) is 84.5 Å². The average Bonchev–Trinajstić information content (AvgIpc) is 3.71. The van der Waals surface area contributed by atoms with Crippen LogP contribution in [0.2, 0.25) is 0 Å². The molecular weight excluding hydrogens is 560 g/mol. The van der Waals surface area contributed by atoms with Crippen LogP contribution < -0.4 is 5.32 Å². The van der Waals surface area contributed by atoms with Crippen LogP contribution in [0.5, 0.6) is 0 Å². The molecule has 11 heteroatoms. The Morgan fingerprint density at radius 3 is 2.93 bits per heavy atom. The highest BCUT2D eigenvalue weighted by molar-refractivity contribution is 8.14. The summed E-state index contributed by atoms with van der Waals surface area (Å²) in [4.78, 5) is 62.9. The number of amides is 2. The fraction of sp³-hybridized carbons (Fsp3) is 0.667. The number of thioether (sulfide) groups is 2. The lowest BCUT2D eigenvalue weighted by molar-refractivity contribution is -0.157. The summed E-state index contributed by atoms with van der Waals surface area (Å²) in [5.74, 6) is 0.206. The van der Waals surface area contributed by atoms with Gasteiger partial charge in [-0.05, 0) is 38.7 Å². The van der Waals surface area contributed by atoms with Gasteiger partial charge in [-0.15, -0.1) is 11.8 Å². The van der Waals surface area contributed by atoms with E-state index in [-0.39, 0.29) is 23.4 Å². The van der Waals surface area contributed by atoms with E-state index >= 15 is 0 Å². The maximum atomic E-state index is 13.6. The average molecular weight is 603 g/mol. The number of carbonyl (C=O) groups is 4. The normalized spacial score (nSPS) is 26.9. The fourth-order valence-corrected chi connectivity index (χ4v) is 7.21. The van der Waals surface area contributed by atoms with Gasteiger partial charge in [0.2, 0.25) is 5.91 Å². The highest BCUT2D eigenvalue weighted by Gasteiger charge is 2.47. The summed E-state index contributed by atoms with van der Waals surface area (Å²) in [5.41, 5.74) is 0.602. The molecule has 4 bridgehead atoms. The first-order valence-corrected chi connectivity index (χ1v) is 16.9. The van der Waals surface area contributed by atoms with Crippen LogP contribution in [0, 0.1) is 0 Å². The van der Waals surface area contributed by atoms with Gasteiger partial charge in [0, 0.05) is 36.6 Å². The maximum absolute atomic E-state index is 13.6. The molecule has 3 atom stereocenters. The lowest BCUT2D eigenvalue weighted by atomic mass is 10.0. The molecule has 0 aromatic carbocycles. The van der Waals surface area contributed by atoms with E-state index in [1.807, 2.05) is 19.1 Å². The Hall–Kier alpha value is -2.40. The number of hydrogen-bond acceptors (Lipinski definition) is 9. The maximum Gasteiger partial charge on any atom is 0.329 e. The number of hydrogen-bond donors (Lipinski definition) is 1. The Kier molecular flexibility index (Phi) is 11.7. The second kappa shape index (κ2) is 15.2. The van der Waals surface area contributed by atoms with E-state index in [1.54, 1.807) is 11.0 Å². The third kappa shape index (κ3) is 8.80. The van der Waals surface area contributed by atoms with Crippen molar-refractivity contribution in [3.63, 3.8) is 0 Å². The molecule has 1 N–H and O–H groups in total. The van der Waals surface area contributed by atoms with Crippen molar-refractivity contribution in [2.24, 2.45) is 9.98 Å². The van der Waals surface area contributed by atoms with E-state index in [9.17, 15) is 19.2 Å². The number of aliphatic imine (C=N–C) groups is 2. The molecule has 0 aromatic rings. The Morgan fingerprint density at radius 1 is 1.27 bits per heavy atom. The molecule has 9 nitrogen and oxygen atoms in total. The van der Waals surface area contributed by atoms with Crippen molar-refractivity contribution >= 4 is 57.2 Å². The van der Waals surface area contributed by atoms with Crippen molar-refractivity contribution in [3.8, 4) is 0 Å². The van der Waals surface area contributed by atoms with Gasteiger partial charge in [0.25, 0.3) is 5.91 Å². The number of ether oxygens (including phenoxy) is 1. The predicted molar refractivity (Wildman–Crippen MR) is 165 cm³/mol. The van der Waals surface area contributed by atoms with Gasteiger partial charge in [0.1, 0.15) is 22.7 Å². The summed E-state index contributed by atoms with van der Waals surface area (Å²) in [6.07, 6.45) is 13.4. The lowest BCUT2D eigenvalue weighted by Gasteiger charge is -2.30. The van der Waals surface area contributed by atoms with Gasteiger partial charge in [0.05, 0.1) is 18.7 Å². The quantitative estimate of drug-likeness (QED) is 0.221. The largest absolute Gasteiger partial charge is 0.456 e. The number of rotatable bonds is 10. The summed E-state index contributed by atoms with van der Waals surface area (Å²) in [6, 6.07) is -0.698. The van der Waals surface area contributed by atoms with E-state index in [2.05, 4.69) is 17.2 Å². The summed E-state index contributed by atoms with van der Waals surface area (Å²) in [5, 5.41) is 3.83. The van der Waals surface area contributed by atoms with Gasteiger partial charge in [-0.1, -0.05) is 56.5 Å². The van der Waals surface area contributed by atoms with Crippen LogP contribution >= 0.6 is 23.5 Å². The Balaban J connectivity index is 1.39. The highest BCUT2D eigenvalue weighted by atomic mass is 32.2. The minimum atomic E-state index is -0.961. The Labute approximate surface area is 251 Å². The number of nitrogens with one attached hydrogen (secondary N) is 1. The highest BCUT2D eigenvalue weighted by Crippen LogP contribution is 2.36. The van der Waals surface area contributed by atoms with Gasteiger partial charge >= 0.3 is 5.97 Å². The minimum absolute atomic E-state index is 0.0272. The molecule has 4 aliphatic rings. The van der Waals surface area contributed by atoms with Gasteiger partial charge in [-0.3, -0.25) is 24.4 Å². The van der Waals surface area contributed by atoms with Crippen molar-refractivity contribution in [1.29, 1.82) is 0 Å². The predicted octanol–water partition coefficient (Wildman–Crippen LogP) is 4.61. The molecule has 41 heavy (non-hydrogen) atoms. The van der Waals surface area contributed by atoms with Crippen LogP contribution in [0.15, 0.2) is 33.9 Å². The molecule has 2 amide bonds. The molecule has 0 spiro atoms. The van der Waals surface area contributed by atoms with E-state index in [4.69, 9.17) is 9.73 Å². The van der Waals surface area contributed by atoms with Gasteiger partial charge in [-0.2, -0.15) is 0 Å². The van der Waals surface area contributed by atoms with Crippen molar-refractivity contribution in [2.75, 3.05) is 24.6 Å². The molecule has 1 saturated heterocycles. The third-order valence-corrected chi connectivity index (χ3v) is 9.89. The van der Waals surface area contributed by atoms with Crippen molar-refractivity contribution in [3.05, 3.63) is 23.9 Å². The zero-order chi connectivity index (χ0) is 29.2. The van der Waals surface area contributed by atoms with Crippen LogP contribution in [0.4, 0.5) is 0 Å². The molecule has 4 rings (SSSR count). The van der Waals surface area contributed by atoms with Gasteiger partial charge in [0.15, 0.2) is 5.12 Å². The summed E-state index contributed by atoms with van der Waals surface area (Å²) < 4.78 is 5.83. The van der Waals surface area contributed by atoms with Gasteiger partial charge < -0.3 is 15.0 Å². The zero-order valence-electron chi connectivity index (χ0n) is 24.2. The molecule has 0 saturated carbocycles. The topological polar surface area (TPSA) is 118 Å². The summed E-state index contributed by atoms with van der Waals surface area (Å²) >= 11 is 2.83. The SMILES string of the molecule is CCCCCCCC(=O)SCC/C=C/[C@@H]1CC(=O)NCC2=NC(=CC2)C2=N[C@@](C)(CS2)C(=O)N2CCC[C@H]2C(=O)O1. The first-order valence-electron chi connectivity index (χ1n) is 14.9. The molecular formula is C30H42N4O5S2. The van der Waals surface area contributed by atoms with Crippen molar-refractivity contribution in [1.82, 2.24) is 10.2 Å². The molecule has 1 fully saturated rings. The van der Waals surface area contributed by atoms with Crippen molar-refractivity contribution < 1.29 is 23.9 Å². The van der Waals surface area contributed by atoms with Crippen LogP contribution in [-0.4, -0.2) is 80.8 Å². The number of esters is 1. The smallest absolute Gasteiger partial charge is 0.329 e. The molecule has 224 valence electrons. The van der Waals surface area contributed by atoms with E-state index in [0.29, 0.717) is 56.7 Å². The number of fused-ring (bicyclic) bond motifs is 4. The molecule has 4 aliphatic heterocycles. The minimum Gasteiger partial charge on any atom is -0.456 e. The van der Waals surface area contributed by atoms with Crippen LogP contribution in [0.25, 0.3) is 0 Å². The van der Waals surface area contributed by atoms with Crippen LogP contribution in [-0.2, 0) is 23.9 Å². The van der Waals surface area contributed by atoms with E-state index in [1.165, 1.54) is 42.8 Å². The zero-order valence-corrected chi connectivity index (χ0v) is 25.8. The Morgan fingerprint density at radius 2 is 2.10 bits per heavy atom. The number of unbranched alkanes of at least 4 members (excludes halogenated alkanes) is 4. The fourth-order valence-electron chi connectivity index (χ4n) is 5.29. The van der Waals surface area contributed by atoms with Crippen molar-refractivity contribution in [2.45, 2.75) is 102 Å². The summed E-state index contributed by atoms with van der Waals surface area (Å²) in [7, 11) is 0. The number of cyclic esters (lactones) is 1. The second-order valence-electron chi connectivity index (χ2n) is 11.2. The molecule has 0 aliphatic carbocycles. The lowest BCUT2D eigenvalue weighted by Crippen LogP contribution is -2.51. The van der Waals surface area contributed by atoms with Crippen LogP contribution in [0.3, 0.4) is 0 Å². The monoisotopic (exact) mass is 602 g/mol. The first-order chi connectivity index (χ1) is 19.8. The molecule has 0 radical (unpaired) electrons. The number of nitrogens with zero attached hydrogens (tertiary/aromatic N) is 3. The molecule has 4 heterocycles. The van der Waals surface area contributed by atoms with E-state index < -0.39 is 23.7 Å². The number of carbonyl (C=O) groups excluding carboxylic acids is 4. The summed E-state index contributed by atoms with van der Waals surface area (Å²) in [6.45, 7) is 4.76. The molecule has 0 aromatic heterocycles. The third-order valence-electron chi connectivity index (χ3n) is 7.64. The first kappa shape index (κ1) is 31.5. The number of allylic oxidation sites excluding steroid dienone is 2.